The van der Waals surface area contributed by atoms with Crippen molar-refractivity contribution in [2.24, 2.45) is 0 Å². The van der Waals surface area contributed by atoms with Gasteiger partial charge in [0.15, 0.2) is 6.61 Å². The number of thiazole rings is 1. The summed E-state index contributed by atoms with van der Waals surface area (Å²) < 4.78 is 16.2. The van der Waals surface area contributed by atoms with Crippen LogP contribution >= 0.6 is 22.9 Å². The van der Waals surface area contributed by atoms with E-state index in [4.69, 9.17) is 25.2 Å². The van der Waals surface area contributed by atoms with E-state index in [1.165, 1.54) is 11.3 Å². The van der Waals surface area contributed by atoms with Gasteiger partial charge in [0.25, 0.3) is 11.8 Å². The van der Waals surface area contributed by atoms with Crippen LogP contribution in [0.25, 0.3) is 0 Å². The fourth-order valence-corrected chi connectivity index (χ4v) is 3.83. The highest BCUT2D eigenvalue weighted by molar-refractivity contribution is 7.09. The Bertz CT molecular complexity index is 1170. The maximum absolute atomic E-state index is 12.9. The van der Waals surface area contributed by atoms with E-state index in [9.17, 15) is 9.59 Å². The zero-order valence-electron chi connectivity index (χ0n) is 17.4. The number of hydrogen-bond acceptors (Lipinski definition) is 7. The van der Waals surface area contributed by atoms with E-state index < -0.39 is 0 Å². The number of benzene rings is 1. The van der Waals surface area contributed by atoms with E-state index in [2.05, 4.69) is 10.3 Å². The SMILES string of the molecule is O=C(NCc1ccco1)c1csc(CN(Cc2ccco2)C(=O)COc2ccc(Cl)cc2)n1. The molecule has 33 heavy (non-hydrogen) atoms. The van der Waals surface area contributed by atoms with E-state index in [-0.39, 0.29) is 43.7 Å². The number of ether oxygens (including phenoxy) is 1. The van der Waals surface area contributed by atoms with Crippen LogP contribution in [0, 0.1) is 0 Å². The molecule has 0 saturated carbocycles. The van der Waals surface area contributed by atoms with Crippen molar-refractivity contribution in [2.75, 3.05) is 6.61 Å². The van der Waals surface area contributed by atoms with E-state index in [1.54, 1.807) is 71.3 Å². The smallest absolute Gasteiger partial charge is 0.271 e. The largest absolute Gasteiger partial charge is 0.484 e. The third-order valence-corrected chi connectivity index (χ3v) is 5.65. The van der Waals surface area contributed by atoms with Gasteiger partial charge in [0.2, 0.25) is 0 Å². The molecular weight excluding hydrogens is 466 g/mol. The number of carbonyl (C=O) groups is 2. The molecule has 170 valence electrons. The Balaban J connectivity index is 1.39. The molecule has 4 aromatic rings. The van der Waals surface area contributed by atoms with Crippen LogP contribution in [0.3, 0.4) is 0 Å². The van der Waals surface area contributed by atoms with Gasteiger partial charge in [-0.15, -0.1) is 11.3 Å². The van der Waals surface area contributed by atoms with Crippen molar-refractivity contribution in [1.82, 2.24) is 15.2 Å². The number of furan rings is 2. The monoisotopic (exact) mass is 485 g/mol. The Morgan fingerprint density at radius 2 is 1.76 bits per heavy atom. The first kappa shape index (κ1) is 22.6. The molecule has 0 unspecified atom stereocenters. The second kappa shape index (κ2) is 10.8. The highest BCUT2D eigenvalue weighted by Crippen LogP contribution is 2.18. The van der Waals surface area contributed by atoms with Crippen LogP contribution in [-0.4, -0.2) is 28.3 Å². The van der Waals surface area contributed by atoms with E-state index >= 15 is 0 Å². The van der Waals surface area contributed by atoms with Gasteiger partial charge in [-0.05, 0) is 48.5 Å². The molecule has 0 saturated heterocycles. The van der Waals surface area contributed by atoms with Crippen molar-refractivity contribution in [2.45, 2.75) is 19.6 Å². The van der Waals surface area contributed by atoms with Crippen molar-refractivity contribution in [1.29, 1.82) is 0 Å². The first-order valence-electron chi connectivity index (χ1n) is 10.0. The highest BCUT2D eigenvalue weighted by atomic mass is 35.5. The number of amides is 2. The van der Waals surface area contributed by atoms with Crippen LogP contribution < -0.4 is 10.1 Å². The molecule has 1 aromatic carbocycles. The molecule has 1 N–H and O–H groups in total. The first-order chi connectivity index (χ1) is 16.1. The van der Waals surface area contributed by atoms with Crippen molar-refractivity contribution < 1.29 is 23.2 Å². The van der Waals surface area contributed by atoms with Gasteiger partial charge in [-0.3, -0.25) is 9.59 Å². The summed E-state index contributed by atoms with van der Waals surface area (Å²) in [5.74, 6) is 1.25. The number of halogens is 1. The molecule has 3 heterocycles. The molecule has 0 radical (unpaired) electrons. The predicted octanol–water partition coefficient (Wildman–Crippen LogP) is 4.52. The van der Waals surface area contributed by atoms with Gasteiger partial charge in [-0.1, -0.05) is 11.6 Å². The topological polar surface area (TPSA) is 97.8 Å². The fourth-order valence-electron chi connectivity index (χ4n) is 2.91. The Morgan fingerprint density at radius 3 is 2.45 bits per heavy atom. The third kappa shape index (κ3) is 6.47. The minimum Gasteiger partial charge on any atom is -0.484 e. The lowest BCUT2D eigenvalue weighted by Gasteiger charge is -2.20. The molecule has 0 atom stereocenters. The van der Waals surface area contributed by atoms with Gasteiger partial charge in [-0.25, -0.2) is 4.98 Å². The second-order valence-corrected chi connectivity index (χ2v) is 8.34. The van der Waals surface area contributed by atoms with Crippen LogP contribution in [0.15, 0.2) is 75.3 Å². The standard InChI is InChI=1S/C23H20ClN3O5S/c24-16-5-7-17(8-6-16)32-14-22(28)27(12-19-4-2-10-31-19)13-21-26-20(15-33-21)23(29)25-11-18-3-1-9-30-18/h1-10,15H,11-14H2,(H,25,29). The summed E-state index contributed by atoms with van der Waals surface area (Å²) in [6.07, 6.45) is 3.09. The molecule has 0 bridgehead atoms. The number of carbonyl (C=O) groups excluding carboxylic acids is 2. The maximum Gasteiger partial charge on any atom is 0.271 e. The molecule has 0 aliphatic rings. The highest BCUT2D eigenvalue weighted by Gasteiger charge is 2.20. The summed E-state index contributed by atoms with van der Waals surface area (Å²) >= 11 is 7.18. The van der Waals surface area contributed by atoms with Crippen LogP contribution in [0.2, 0.25) is 5.02 Å². The van der Waals surface area contributed by atoms with Crippen molar-refractivity contribution in [3.05, 3.63) is 93.7 Å². The Morgan fingerprint density at radius 1 is 1.03 bits per heavy atom. The summed E-state index contributed by atoms with van der Waals surface area (Å²) in [6, 6.07) is 13.8. The van der Waals surface area contributed by atoms with E-state index in [0.717, 1.165) is 0 Å². The van der Waals surface area contributed by atoms with Gasteiger partial charge in [0.05, 0.1) is 32.2 Å². The Labute approximate surface area is 198 Å². The van der Waals surface area contributed by atoms with Crippen molar-refractivity contribution in [3.8, 4) is 5.75 Å². The Kier molecular flexibility index (Phi) is 7.43. The normalized spacial score (nSPS) is 10.7. The maximum atomic E-state index is 12.9. The summed E-state index contributed by atoms with van der Waals surface area (Å²) in [5, 5.41) is 5.61. The molecule has 10 heteroatoms. The average Bonchev–Trinajstić information content (AvgIpc) is 3.60. The molecule has 2 amide bonds. The number of nitrogens with zero attached hydrogens (tertiary/aromatic N) is 2. The van der Waals surface area contributed by atoms with Crippen LogP contribution in [0.4, 0.5) is 0 Å². The summed E-state index contributed by atoms with van der Waals surface area (Å²) in [5.41, 5.74) is 0.282. The minimum atomic E-state index is -0.316. The minimum absolute atomic E-state index is 0.162. The first-order valence-corrected chi connectivity index (χ1v) is 11.3. The molecule has 8 nitrogen and oxygen atoms in total. The lowest BCUT2D eigenvalue weighted by molar-refractivity contribution is -0.134. The molecule has 0 aliphatic heterocycles. The van der Waals surface area contributed by atoms with E-state index in [1.807, 2.05) is 0 Å². The molecule has 4 rings (SSSR count). The molecular formula is C23H20ClN3O5S. The zero-order chi connectivity index (χ0) is 23.0. The van der Waals surface area contributed by atoms with E-state index in [0.29, 0.717) is 27.3 Å². The van der Waals surface area contributed by atoms with Gasteiger partial charge in [-0.2, -0.15) is 0 Å². The van der Waals surface area contributed by atoms with Crippen molar-refractivity contribution >= 4 is 34.8 Å². The molecule has 0 fully saturated rings. The third-order valence-electron chi connectivity index (χ3n) is 4.57. The summed E-state index contributed by atoms with van der Waals surface area (Å²) in [6.45, 7) is 0.559. The predicted molar refractivity (Wildman–Crippen MR) is 122 cm³/mol. The average molecular weight is 486 g/mol. The number of rotatable bonds is 10. The lowest BCUT2D eigenvalue weighted by Crippen LogP contribution is -2.34. The van der Waals surface area contributed by atoms with Crippen LogP contribution in [0.5, 0.6) is 5.75 Å². The van der Waals surface area contributed by atoms with Crippen LogP contribution in [-0.2, 0) is 24.4 Å². The van der Waals surface area contributed by atoms with Gasteiger partial charge < -0.3 is 23.8 Å². The molecule has 0 spiro atoms. The summed E-state index contributed by atoms with van der Waals surface area (Å²) in [4.78, 5) is 31.2. The molecule has 0 aliphatic carbocycles. The van der Waals surface area contributed by atoms with Crippen molar-refractivity contribution in [3.63, 3.8) is 0 Å². The zero-order valence-corrected chi connectivity index (χ0v) is 19.0. The molecule has 3 aromatic heterocycles. The van der Waals surface area contributed by atoms with Gasteiger partial charge >= 0.3 is 0 Å². The quantitative estimate of drug-likeness (QED) is 0.354. The fraction of sp³-hybridized carbons (Fsp3) is 0.174. The lowest BCUT2D eigenvalue weighted by atomic mass is 10.3. The summed E-state index contributed by atoms with van der Waals surface area (Å²) in [7, 11) is 0. The second-order valence-electron chi connectivity index (χ2n) is 6.96. The Hall–Kier alpha value is -3.56. The van der Waals surface area contributed by atoms with Gasteiger partial charge in [0, 0.05) is 10.4 Å². The number of hydrogen-bond donors (Lipinski definition) is 1. The number of nitrogens with one attached hydrogen (secondary N) is 1. The number of aromatic nitrogens is 1. The van der Waals surface area contributed by atoms with Crippen LogP contribution in [0.1, 0.15) is 27.0 Å². The van der Waals surface area contributed by atoms with Gasteiger partial charge in [0.1, 0.15) is 28.0 Å².